The maximum atomic E-state index is 14.0. The Hall–Kier alpha value is -3.31. The topological polar surface area (TPSA) is 118 Å². The zero-order valence-corrected chi connectivity index (χ0v) is 22.1. The van der Waals surface area contributed by atoms with Gasteiger partial charge in [0.05, 0.1) is 25.3 Å². The van der Waals surface area contributed by atoms with Gasteiger partial charge in [0, 0.05) is 41.4 Å². The Balaban J connectivity index is 2.02. The summed E-state index contributed by atoms with van der Waals surface area (Å²) in [6.07, 6.45) is -2.74. The Morgan fingerprint density at radius 2 is 1.29 bits per heavy atom. The normalized spacial score (nSPS) is 21.7. The van der Waals surface area contributed by atoms with Crippen LogP contribution < -0.4 is 5.11 Å². The molecule has 0 spiro atoms. The summed E-state index contributed by atoms with van der Waals surface area (Å²) in [5, 5.41) is 12.4. The van der Waals surface area contributed by atoms with Gasteiger partial charge in [0.2, 0.25) is 5.78 Å². The molecule has 1 saturated heterocycles. The number of hydrogen-bond donors (Lipinski definition) is 0. The molecular formula is C28H35N2O8-. The lowest BCUT2D eigenvalue weighted by Gasteiger charge is -2.36. The van der Waals surface area contributed by atoms with E-state index in [-0.39, 0.29) is 26.2 Å². The van der Waals surface area contributed by atoms with Crippen molar-refractivity contribution in [3.8, 4) is 0 Å². The van der Waals surface area contributed by atoms with Crippen molar-refractivity contribution in [3.63, 3.8) is 0 Å². The number of rotatable bonds is 13. The highest BCUT2D eigenvalue weighted by Crippen LogP contribution is 2.31. The van der Waals surface area contributed by atoms with Crippen LogP contribution in [0.15, 0.2) is 60.7 Å². The quantitative estimate of drug-likeness (QED) is 0.353. The monoisotopic (exact) mass is 527 g/mol. The van der Waals surface area contributed by atoms with Crippen LogP contribution in [-0.2, 0) is 41.5 Å². The van der Waals surface area contributed by atoms with E-state index in [1.54, 1.807) is 54.6 Å². The number of benzene rings is 2. The van der Waals surface area contributed by atoms with Crippen LogP contribution in [0.4, 0.5) is 4.79 Å². The zero-order valence-electron chi connectivity index (χ0n) is 22.1. The summed E-state index contributed by atoms with van der Waals surface area (Å²) in [6.45, 7) is 0.0361. The molecule has 0 aliphatic carbocycles. The number of ether oxygens (including phenoxy) is 4. The maximum Gasteiger partial charge on any atom is 0.293 e. The molecule has 0 radical (unpaired) electrons. The van der Waals surface area contributed by atoms with Gasteiger partial charge in [-0.3, -0.25) is 9.59 Å². The number of nitrogens with zero attached hydrogens (tertiary/aromatic N) is 2. The number of ketones is 1. The molecule has 1 aliphatic rings. The maximum absolute atomic E-state index is 14.0. The largest absolute Gasteiger partial charge is 0.530 e. The third-order valence-electron chi connectivity index (χ3n) is 6.84. The average Bonchev–Trinajstić information content (AvgIpc) is 3.23. The van der Waals surface area contributed by atoms with Crippen molar-refractivity contribution in [2.45, 2.75) is 43.3 Å². The first kappa shape index (κ1) is 29.2. The van der Waals surface area contributed by atoms with E-state index in [2.05, 4.69) is 0 Å². The van der Waals surface area contributed by atoms with Crippen LogP contribution in [0.1, 0.15) is 11.1 Å². The number of carbonyl (C=O) groups excluding carboxylic acids is 3. The van der Waals surface area contributed by atoms with Crippen molar-refractivity contribution in [2.24, 2.45) is 0 Å². The summed E-state index contributed by atoms with van der Waals surface area (Å²) in [4.78, 5) is 42.6. The number of methoxy groups -OCH3 is 4. The number of amides is 2. The number of Topliss-reactive ketones (excluding diaryl/α,β-unsaturated/α-hetero) is 1. The molecule has 5 unspecified atom stereocenters. The second-order valence-electron chi connectivity index (χ2n) is 9.11. The summed E-state index contributed by atoms with van der Waals surface area (Å²) in [5.41, 5.74) is 1.36. The van der Waals surface area contributed by atoms with Crippen LogP contribution in [0.3, 0.4) is 0 Å². The van der Waals surface area contributed by atoms with Crippen LogP contribution in [0.5, 0.6) is 0 Å². The van der Waals surface area contributed by atoms with Crippen LogP contribution in [-0.4, -0.2) is 99.6 Å². The van der Waals surface area contributed by atoms with E-state index in [1.165, 1.54) is 33.3 Å². The Bertz CT molecular complexity index is 1030. The fourth-order valence-electron chi connectivity index (χ4n) is 5.11. The molecule has 2 aromatic rings. The van der Waals surface area contributed by atoms with E-state index >= 15 is 0 Å². The van der Waals surface area contributed by atoms with Crippen LogP contribution in [0, 0.1) is 0 Å². The van der Waals surface area contributed by atoms with Crippen molar-refractivity contribution in [1.29, 1.82) is 0 Å². The van der Waals surface area contributed by atoms with E-state index in [0.29, 0.717) is 11.1 Å². The van der Waals surface area contributed by atoms with Crippen LogP contribution in [0.2, 0.25) is 0 Å². The van der Waals surface area contributed by atoms with Gasteiger partial charge in [0.15, 0.2) is 0 Å². The highest BCUT2D eigenvalue weighted by atomic mass is 16.5. The van der Waals surface area contributed by atoms with E-state index in [1.807, 2.05) is 6.07 Å². The molecule has 0 N–H and O–H groups in total. The summed E-state index contributed by atoms with van der Waals surface area (Å²) >= 11 is 0. The molecule has 1 aliphatic heterocycles. The van der Waals surface area contributed by atoms with Crippen molar-refractivity contribution >= 4 is 17.8 Å². The van der Waals surface area contributed by atoms with Gasteiger partial charge >= 0.3 is 0 Å². The molecule has 10 heteroatoms. The molecule has 0 bridgehead atoms. The SMILES string of the molecule is COCC1C(OC)C(OC)C(COC)N1C(=O)C(=O)C(Cc1ccccc1)N(Cc1ccccc1)C(=O)[O-]. The highest BCUT2D eigenvalue weighted by Gasteiger charge is 2.53. The predicted octanol–water partition coefficient (Wildman–Crippen LogP) is 0.915. The average molecular weight is 528 g/mol. The van der Waals surface area contributed by atoms with Gasteiger partial charge in [-0.2, -0.15) is 0 Å². The van der Waals surface area contributed by atoms with Gasteiger partial charge in [-0.1, -0.05) is 60.7 Å². The molecular weight excluding hydrogens is 492 g/mol. The minimum absolute atomic E-state index is 0.00856. The summed E-state index contributed by atoms with van der Waals surface area (Å²) in [5.74, 6) is -1.75. The van der Waals surface area contributed by atoms with Gasteiger partial charge < -0.3 is 38.6 Å². The summed E-state index contributed by atoms with van der Waals surface area (Å²) < 4.78 is 22.0. The van der Waals surface area contributed by atoms with E-state index < -0.39 is 48.1 Å². The van der Waals surface area contributed by atoms with Gasteiger partial charge in [-0.05, 0) is 11.1 Å². The number of carbonyl (C=O) groups is 3. The highest BCUT2D eigenvalue weighted by molar-refractivity contribution is 6.38. The zero-order chi connectivity index (χ0) is 27.7. The van der Waals surface area contributed by atoms with Crippen LogP contribution >= 0.6 is 0 Å². The molecule has 1 heterocycles. The molecule has 2 aromatic carbocycles. The smallest absolute Gasteiger partial charge is 0.293 e. The van der Waals surface area contributed by atoms with Crippen LogP contribution in [0.25, 0.3) is 0 Å². The molecule has 0 saturated carbocycles. The molecule has 38 heavy (non-hydrogen) atoms. The van der Waals surface area contributed by atoms with Crippen molar-refractivity contribution < 1.29 is 38.4 Å². The third kappa shape index (κ3) is 6.57. The Kier molecular flexibility index (Phi) is 10.8. The first-order chi connectivity index (χ1) is 18.4. The van der Waals surface area contributed by atoms with E-state index in [0.717, 1.165) is 4.90 Å². The fraction of sp³-hybridized carbons (Fsp3) is 0.464. The fourth-order valence-corrected chi connectivity index (χ4v) is 5.11. The van der Waals surface area contributed by atoms with Gasteiger partial charge in [0.25, 0.3) is 5.91 Å². The lowest BCUT2D eigenvalue weighted by molar-refractivity contribution is -0.268. The third-order valence-corrected chi connectivity index (χ3v) is 6.84. The number of likely N-dealkylation sites (tertiary alicyclic amines) is 1. The Morgan fingerprint density at radius 1 is 0.816 bits per heavy atom. The predicted molar refractivity (Wildman–Crippen MR) is 136 cm³/mol. The second-order valence-corrected chi connectivity index (χ2v) is 9.11. The Morgan fingerprint density at radius 3 is 1.71 bits per heavy atom. The first-order valence-corrected chi connectivity index (χ1v) is 12.3. The molecule has 10 nitrogen and oxygen atoms in total. The minimum atomic E-state index is -1.55. The lowest BCUT2D eigenvalue weighted by Crippen LogP contribution is -2.58. The lowest BCUT2D eigenvalue weighted by atomic mass is 9.99. The number of carboxylic acid groups (broad SMARTS) is 1. The first-order valence-electron chi connectivity index (χ1n) is 12.3. The molecule has 3 rings (SSSR count). The Labute approximate surface area is 223 Å². The van der Waals surface area contributed by atoms with Gasteiger partial charge in [-0.15, -0.1) is 0 Å². The standard InChI is InChI=1S/C28H36N2O8/c1-35-17-22-25(37-3)26(38-4)23(18-36-2)30(22)27(32)24(31)21(15-19-11-7-5-8-12-19)29(28(33)34)16-20-13-9-6-10-14-20/h5-14,21-23,25-26H,15-18H2,1-4H3,(H,33,34)/p-1. The molecule has 5 atom stereocenters. The van der Waals surface area contributed by atoms with Crippen molar-refractivity contribution in [1.82, 2.24) is 9.80 Å². The van der Waals surface area contributed by atoms with Crippen molar-refractivity contribution in [3.05, 3.63) is 71.8 Å². The van der Waals surface area contributed by atoms with Gasteiger partial charge in [-0.25, -0.2) is 0 Å². The van der Waals surface area contributed by atoms with E-state index in [9.17, 15) is 19.5 Å². The summed E-state index contributed by atoms with van der Waals surface area (Å²) in [7, 11) is 5.96. The van der Waals surface area contributed by atoms with Crippen molar-refractivity contribution in [2.75, 3.05) is 41.7 Å². The van der Waals surface area contributed by atoms with Gasteiger partial charge in [0.1, 0.15) is 24.3 Å². The second kappa shape index (κ2) is 14.0. The molecule has 1 fully saturated rings. The van der Waals surface area contributed by atoms with E-state index in [4.69, 9.17) is 18.9 Å². The summed E-state index contributed by atoms with van der Waals surface area (Å²) in [6, 6.07) is 15.1. The molecule has 206 valence electrons. The minimum Gasteiger partial charge on any atom is -0.530 e. The number of hydrogen-bond acceptors (Lipinski definition) is 8. The molecule has 2 amide bonds. The molecule has 0 aromatic heterocycles.